The SMILES string of the molecule is CCc1ccc(O)c(NC(=O)Nc2ccc3c(c2)CC(=O)N3)c1. The van der Waals surface area contributed by atoms with E-state index in [1.54, 1.807) is 30.3 Å². The topological polar surface area (TPSA) is 90.5 Å². The summed E-state index contributed by atoms with van der Waals surface area (Å²) in [5.41, 5.74) is 3.59. The molecular weight excluding hydrogens is 294 g/mol. The van der Waals surface area contributed by atoms with Crippen molar-refractivity contribution in [1.82, 2.24) is 0 Å². The Labute approximate surface area is 133 Å². The molecule has 0 saturated heterocycles. The number of benzene rings is 2. The Kier molecular flexibility index (Phi) is 3.89. The van der Waals surface area contributed by atoms with Crippen molar-refractivity contribution in [1.29, 1.82) is 0 Å². The van der Waals surface area contributed by atoms with Gasteiger partial charge in [-0.3, -0.25) is 4.79 Å². The van der Waals surface area contributed by atoms with Gasteiger partial charge in [0.25, 0.3) is 0 Å². The van der Waals surface area contributed by atoms with Gasteiger partial charge in [-0.25, -0.2) is 4.79 Å². The molecule has 0 unspecified atom stereocenters. The molecule has 0 radical (unpaired) electrons. The zero-order valence-electron chi connectivity index (χ0n) is 12.6. The zero-order chi connectivity index (χ0) is 16.4. The minimum Gasteiger partial charge on any atom is -0.506 e. The van der Waals surface area contributed by atoms with E-state index in [2.05, 4.69) is 16.0 Å². The van der Waals surface area contributed by atoms with Crippen LogP contribution in [0.25, 0.3) is 0 Å². The first-order valence-electron chi connectivity index (χ1n) is 7.38. The number of carbonyl (C=O) groups is 2. The van der Waals surface area contributed by atoms with Gasteiger partial charge in [0.05, 0.1) is 12.1 Å². The van der Waals surface area contributed by atoms with Crippen LogP contribution in [0.2, 0.25) is 0 Å². The van der Waals surface area contributed by atoms with Gasteiger partial charge in [0.2, 0.25) is 5.91 Å². The first-order chi connectivity index (χ1) is 11.0. The van der Waals surface area contributed by atoms with E-state index in [9.17, 15) is 14.7 Å². The molecule has 0 fully saturated rings. The van der Waals surface area contributed by atoms with Gasteiger partial charge in [0.15, 0.2) is 0 Å². The third-order valence-corrected chi connectivity index (χ3v) is 3.71. The van der Waals surface area contributed by atoms with Crippen LogP contribution in [0, 0.1) is 0 Å². The molecule has 0 saturated carbocycles. The maximum atomic E-state index is 12.1. The second kappa shape index (κ2) is 6.00. The van der Waals surface area contributed by atoms with Gasteiger partial charge in [-0.15, -0.1) is 0 Å². The highest BCUT2D eigenvalue weighted by atomic mass is 16.3. The molecule has 1 aliphatic rings. The third kappa shape index (κ3) is 3.26. The van der Waals surface area contributed by atoms with Gasteiger partial charge < -0.3 is 21.1 Å². The molecule has 4 N–H and O–H groups in total. The van der Waals surface area contributed by atoms with Crippen LogP contribution in [0.15, 0.2) is 36.4 Å². The standard InChI is InChI=1S/C17H17N3O3/c1-2-10-3-6-15(21)14(7-10)20-17(23)18-12-4-5-13-11(8-12)9-16(22)19-13/h3-8,21H,2,9H2,1H3,(H,19,22)(H2,18,20,23). The highest BCUT2D eigenvalue weighted by molar-refractivity contribution is 6.02. The number of phenolic OH excluding ortho intramolecular Hbond substituents is 1. The molecule has 23 heavy (non-hydrogen) atoms. The summed E-state index contributed by atoms with van der Waals surface area (Å²) >= 11 is 0. The number of fused-ring (bicyclic) bond motifs is 1. The Bertz CT molecular complexity index is 787. The largest absolute Gasteiger partial charge is 0.506 e. The lowest BCUT2D eigenvalue weighted by Gasteiger charge is -2.11. The van der Waals surface area contributed by atoms with Gasteiger partial charge in [0.1, 0.15) is 5.75 Å². The monoisotopic (exact) mass is 311 g/mol. The molecule has 1 heterocycles. The number of phenols is 1. The Morgan fingerprint density at radius 3 is 2.83 bits per heavy atom. The van der Waals surface area contributed by atoms with Crippen molar-refractivity contribution < 1.29 is 14.7 Å². The maximum Gasteiger partial charge on any atom is 0.323 e. The molecule has 1 aliphatic heterocycles. The van der Waals surface area contributed by atoms with Crippen molar-refractivity contribution in [2.75, 3.05) is 16.0 Å². The van der Waals surface area contributed by atoms with E-state index in [-0.39, 0.29) is 11.7 Å². The number of nitrogens with one attached hydrogen (secondary N) is 3. The molecule has 0 bridgehead atoms. The summed E-state index contributed by atoms with van der Waals surface area (Å²) in [4.78, 5) is 23.4. The fourth-order valence-corrected chi connectivity index (χ4v) is 2.49. The molecule has 3 amide bonds. The fraction of sp³-hybridized carbons (Fsp3) is 0.176. The van der Waals surface area contributed by atoms with E-state index in [1.807, 2.05) is 13.0 Å². The molecule has 0 spiro atoms. The molecule has 3 rings (SSSR count). The van der Waals surface area contributed by atoms with Gasteiger partial charge in [-0.1, -0.05) is 13.0 Å². The van der Waals surface area contributed by atoms with Crippen molar-refractivity contribution in [2.24, 2.45) is 0 Å². The highest BCUT2D eigenvalue weighted by Gasteiger charge is 2.18. The maximum absolute atomic E-state index is 12.1. The van der Waals surface area contributed by atoms with Crippen LogP contribution in [0.3, 0.4) is 0 Å². The number of anilines is 3. The first-order valence-corrected chi connectivity index (χ1v) is 7.38. The summed E-state index contributed by atoms with van der Waals surface area (Å²) in [6.07, 6.45) is 1.12. The second-order valence-corrected chi connectivity index (χ2v) is 5.38. The fourth-order valence-electron chi connectivity index (χ4n) is 2.49. The Morgan fingerprint density at radius 2 is 2.04 bits per heavy atom. The third-order valence-electron chi connectivity index (χ3n) is 3.71. The van der Waals surface area contributed by atoms with E-state index in [0.717, 1.165) is 23.2 Å². The van der Waals surface area contributed by atoms with Crippen LogP contribution in [0.4, 0.5) is 21.9 Å². The Hall–Kier alpha value is -3.02. The molecule has 0 atom stereocenters. The van der Waals surface area contributed by atoms with Crippen LogP contribution in [-0.4, -0.2) is 17.0 Å². The average molecular weight is 311 g/mol. The predicted molar refractivity (Wildman–Crippen MR) is 88.9 cm³/mol. The quantitative estimate of drug-likeness (QED) is 0.657. The van der Waals surface area contributed by atoms with E-state index in [0.29, 0.717) is 17.8 Å². The highest BCUT2D eigenvalue weighted by Crippen LogP contribution is 2.27. The predicted octanol–water partition coefficient (Wildman–Crippen LogP) is 3.09. The van der Waals surface area contributed by atoms with Crippen LogP contribution < -0.4 is 16.0 Å². The molecule has 6 nitrogen and oxygen atoms in total. The molecule has 6 heteroatoms. The van der Waals surface area contributed by atoms with Crippen LogP contribution in [0.5, 0.6) is 5.75 Å². The first kappa shape index (κ1) is 14.9. The molecule has 0 aliphatic carbocycles. The van der Waals surface area contributed by atoms with Gasteiger partial charge in [0, 0.05) is 11.4 Å². The van der Waals surface area contributed by atoms with E-state index in [1.165, 1.54) is 0 Å². The summed E-state index contributed by atoms with van der Waals surface area (Å²) in [5, 5.41) is 17.9. The van der Waals surface area contributed by atoms with Crippen molar-refractivity contribution >= 4 is 29.0 Å². The summed E-state index contributed by atoms with van der Waals surface area (Å²) in [5.74, 6) is -0.0380. The van der Waals surface area contributed by atoms with Gasteiger partial charge in [-0.05, 0) is 47.9 Å². The number of hydrogen-bond donors (Lipinski definition) is 4. The van der Waals surface area contributed by atoms with Gasteiger partial charge >= 0.3 is 6.03 Å². The van der Waals surface area contributed by atoms with Crippen molar-refractivity contribution in [3.63, 3.8) is 0 Å². The smallest absolute Gasteiger partial charge is 0.323 e. The Balaban J connectivity index is 1.71. The number of aromatic hydroxyl groups is 1. The van der Waals surface area contributed by atoms with Crippen LogP contribution in [-0.2, 0) is 17.6 Å². The number of amides is 3. The molecular formula is C17H17N3O3. The number of carbonyl (C=O) groups excluding carboxylic acids is 2. The normalized spacial score (nSPS) is 12.5. The molecule has 2 aromatic rings. The number of aryl methyl sites for hydroxylation is 1. The molecule has 2 aromatic carbocycles. The van der Waals surface area contributed by atoms with E-state index >= 15 is 0 Å². The minimum atomic E-state index is -0.453. The number of urea groups is 1. The van der Waals surface area contributed by atoms with Crippen LogP contribution >= 0.6 is 0 Å². The minimum absolute atomic E-state index is 0.0149. The lowest BCUT2D eigenvalue weighted by atomic mass is 10.1. The average Bonchev–Trinajstić information content (AvgIpc) is 2.88. The lowest BCUT2D eigenvalue weighted by Crippen LogP contribution is -2.19. The zero-order valence-corrected chi connectivity index (χ0v) is 12.6. The summed E-state index contributed by atoms with van der Waals surface area (Å²) in [7, 11) is 0. The van der Waals surface area contributed by atoms with Crippen molar-refractivity contribution in [2.45, 2.75) is 19.8 Å². The summed E-state index contributed by atoms with van der Waals surface area (Å²) < 4.78 is 0. The van der Waals surface area contributed by atoms with Crippen LogP contribution in [0.1, 0.15) is 18.1 Å². The number of rotatable bonds is 3. The van der Waals surface area contributed by atoms with Crippen molar-refractivity contribution in [3.05, 3.63) is 47.5 Å². The van der Waals surface area contributed by atoms with Gasteiger partial charge in [-0.2, -0.15) is 0 Å². The van der Waals surface area contributed by atoms with E-state index < -0.39 is 6.03 Å². The molecule has 118 valence electrons. The molecule has 0 aromatic heterocycles. The number of hydrogen-bond acceptors (Lipinski definition) is 3. The summed E-state index contributed by atoms with van der Waals surface area (Å²) in [6, 6.07) is 9.88. The van der Waals surface area contributed by atoms with E-state index in [4.69, 9.17) is 0 Å². The second-order valence-electron chi connectivity index (χ2n) is 5.38. The Morgan fingerprint density at radius 1 is 1.22 bits per heavy atom. The summed E-state index contributed by atoms with van der Waals surface area (Å²) in [6.45, 7) is 2.00. The lowest BCUT2D eigenvalue weighted by molar-refractivity contribution is -0.115. The van der Waals surface area contributed by atoms with Crippen molar-refractivity contribution in [3.8, 4) is 5.75 Å².